The van der Waals surface area contributed by atoms with E-state index in [0.29, 0.717) is 22.9 Å². The smallest absolute Gasteiger partial charge is 0.277 e. The Hall–Kier alpha value is -2.61. The molecule has 0 N–H and O–H groups in total. The lowest BCUT2D eigenvalue weighted by Crippen LogP contribution is -2.08. The Morgan fingerprint density at radius 1 is 1.21 bits per heavy atom. The van der Waals surface area contributed by atoms with Crippen LogP contribution in [0.25, 0.3) is 0 Å². The van der Waals surface area contributed by atoms with E-state index in [9.17, 15) is 9.18 Å². The molecule has 3 aromatic rings. The van der Waals surface area contributed by atoms with E-state index >= 15 is 0 Å². The number of thioether (sulfide) groups is 1. The summed E-state index contributed by atoms with van der Waals surface area (Å²) < 4.78 is 26.4. The van der Waals surface area contributed by atoms with Crippen molar-refractivity contribution in [1.29, 1.82) is 0 Å². The summed E-state index contributed by atoms with van der Waals surface area (Å²) in [6, 6.07) is 7.92. The third-order valence-electron chi connectivity index (χ3n) is 4.52. The molecule has 0 fully saturated rings. The van der Waals surface area contributed by atoms with Crippen LogP contribution in [0.3, 0.4) is 0 Å². The lowest BCUT2D eigenvalue weighted by atomic mass is 10.2. The minimum atomic E-state index is -0.497. The van der Waals surface area contributed by atoms with E-state index in [1.54, 1.807) is 6.92 Å². The molecule has 0 bridgehead atoms. The molecule has 0 aliphatic carbocycles. The molecule has 3 rings (SSSR count). The highest BCUT2D eigenvalue weighted by Gasteiger charge is 2.20. The Morgan fingerprint density at radius 2 is 1.90 bits per heavy atom. The molecule has 1 aromatic carbocycles. The average molecular weight is 418 g/mol. The number of benzene rings is 1. The summed E-state index contributed by atoms with van der Waals surface area (Å²) in [7, 11) is 0. The van der Waals surface area contributed by atoms with Gasteiger partial charge < -0.3 is 13.7 Å². The number of ether oxygens (including phenoxy) is 1. The minimum Gasteiger partial charge on any atom is -0.481 e. The van der Waals surface area contributed by atoms with Gasteiger partial charge in [-0.15, -0.1) is 10.2 Å². The second kappa shape index (κ2) is 8.82. The molecule has 154 valence electrons. The first kappa shape index (κ1) is 21.1. The third kappa shape index (κ3) is 4.87. The van der Waals surface area contributed by atoms with Crippen LogP contribution in [0.1, 0.15) is 60.6 Å². The zero-order valence-corrected chi connectivity index (χ0v) is 17.9. The number of halogens is 1. The maximum atomic E-state index is 13.0. The van der Waals surface area contributed by atoms with Crippen molar-refractivity contribution in [3.8, 4) is 5.75 Å². The van der Waals surface area contributed by atoms with Crippen molar-refractivity contribution < 1.29 is 18.3 Å². The molecular weight excluding hydrogens is 393 g/mol. The number of ketones is 1. The number of Topliss-reactive ketones (excluding diaryl/α,β-unsaturated/α-hetero) is 1. The second-order valence-electron chi connectivity index (χ2n) is 7.08. The molecule has 0 radical (unpaired) electrons. The van der Waals surface area contributed by atoms with Gasteiger partial charge in [-0.25, -0.2) is 4.39 Å². The fourth-order valence-corrected chi connectivity index (χ4v) is 3.92. The molecule has 29 heavy (non-hydrogen) atoms. The van der Waals surface area contributed by atoms with Crippen LogP contribution in [0.15, 0.2) is 40.0 Å². The highest BCUT2D eigenvalue weighted by atomic mass is 32.2. The number of hydrogen-bond donors (Lipinski definition) is 0. The van der Waals surface area contributed by atoms with Crippen LogP contribution in [-0.4, -0.2) is 26.3 Å². The summed E-state index contributed by atoms with van der Waals surface area (Å²) >= 11 is 1.20. The van der Waals surface area contributed by atoms with Crippen molar-refractivity contribution in [3.63, 3.8) is 0 Å². The SMILES string of the molecule is Cc1cc(C(=O)CSc2nnc([C@H](C)Oc3ccc(F)cc3)o2)c(C)n1C(C)C. The molecule has 2 aromatic heterocycles. The molecule has 6 nitrogen and oxygen atoms in total. The van der Waals surface area contributed by atoms with Crippen molar-refractivity contribution >= 4 is 17.5 Å². The highest BCUT2D eigenvalue weighted by Crippen LogP contribution is 2.26. The van der Waals surface area contributed by atoms with Crippen LogP contribution in [-0.2, 0) is 0 Å². The number of carbonyl (C=O) groups excluding carboxylic acids is 1. The van der Waals surface area contributed by atoms with Crippen LogP contribution in [0.5, 0.6) is 5.75 Å². The molecular formula is C21H24FN3O3S. The van der Waals surface area contributed by atoms with E-state index in [1.807, 2.05) is 19.9 Å². The normalized spacial score (nSPS) is 12.4. The predicted molar refractivity (Wildman–Crippen MR) is 109 cm³/mol. The van der Waals surface area contributed by atoms with Gasteiger partial charge in [0.05, 0.1) is 5.75 Å². The number of rotatable bonds is 8. The summed E-state index contributed by atoms with van der Waals surface area (Å²) in [4.78, 5) is 12.7. The molecule has 0 amide bonds. The molecule has 0 aliphatic heterocycles. The molecule has 8 heteroatoms. The van der Waals surface area contributed by atoms with E-state index in [2.05, 4.69) is 28.6 Å². The molecule has 0 saturated heterocycles. The van der Waals surface area contributed by atoms with Crippen molar-refractivity contribution in [1.82, 2.24) is 14.8 Å². The fourth-order valence-electron chi connectivity index (χ4n) is 3.27. The van der Waals surface area contributed by atoms with E-state index in [0.717, 1.165) is 17.0 Å². The van der Waals surface area contributed by atoms with Crippen LogP contribution < -0.4 is 4.74 Å². The van der Waals surface area contributed by atoms with Gasteiger partial charge in [0.1, 0.15) is 11.6 Å². The predicted octanol–water partition coefficient (Wildman–Crippen LogP) is 5.32. The minimum absolute atomic E-state index is 0.0189. The number of nitrogens with zero attached hydrogens (tertiary/aromatic N) is 3. The van der Waals surface area contributed by atoms with E-state index in [-0.39, 0.29) is 17.4 Å². The quantitative estimate of drug-likeness (QED) is 0.365. The highest BCUT2D eigenvalue weighted by molar-refractivity contribution is 7.99. The first-order valence-corrected chi connectivity index (χ1v) is 10.3. The Bertz CT molecular complexity index is 995. The number of aromatic nitrogens is 3. The molecule has 2 heterocycles. The molecule has 0 unspecified atom stereocenters. The Labute approximate surface area is 173 Å². The van der Waals surface area contributed by atoms with Crippen LogP contribution in [0, 0.1) is 19.7 Å². The van der Waals surface area contributed by atoms with Crippen LogP contribution >= 0.6 is 11.8 Å². The maximum absolute atomic E-state index is 13.0. The van der Waals surface area contributed by atoms with Gasteiger partial charge in [-0.1, -0.05) is 11.8 Å². The topological polar surface area (TPSA) is 70.2 Å². The average Bonchev–Trinajstić information content (AvgIpc) is 3.26. The number of aryl methyl sites for hydroxylation is 1. The monoisotopic (exact) mass is 417 g/mol. The molecule has 0 saturated carbocycles. The van der Waals surface area contributed by atoms with Crippen molar-refractivity contribution in [2.45, 2.75) is 52.0 Å². The standard InChI is InChI=1S/C21H24FN3O3S/c1-12(2)25-13(3)10-18(14(25)4)19(26)11-29-21-24-23-20(28-21)15(5)27-17-8-6-16(22)7-9-17/h6-10,12,15H,11H2,1-5H3/t15-/m0/s1. The summed E-state index contributed by atoms with van der Waals surface area (Å²) in [5, 5.41) is 8.27. The Balaban J connectivity index is 1.61. The number of hydrogen-bond acceptors (Lipinski definition) is 6. The van der Waals surface area contributed by atoms with E-state index in [4.69, 9.17) is 9.15 Å². The van der Waals surface area contributed by atoms with Gasteiger partial charge in [-0.3, -0.25) is 4.79 Å². The second-order valence-corrected chi connectivity index (χ2v) is 8.01. The number of carbonyl (C=O) groups is 1. The largest absolute Gasteiger partial charge is 0.481 e. The first-order valence-electron chi connectivity index (χ1n) is 9.36. The lowest BCUT2D eigenvalue weighted by Gasteiger charge is -2.13. The molecule has 0 aliphatic rings. The van der Waals surface area contributed by atoms with Crippen molar-refractivity contribution in [3.05, 3.63) is 59.0 Å². The summed E-state index contributed by atoms with van der Waals surface area (Å²) in [6.45, 7) is 9.92. The van der Waals surface area contributed by atoms with Gasteiger partial charge in [0.2, 0.25) is 0 Å². The van der Waals surface area contributed by atoms with Gasteiger partial charge in [0.25, 0.3) is 11.1 Å². The van der Waals surface area contributed by atoms with Gasteiger partial charge in [-0.05, 0) is 65.0 Å². The summed E-state index contributed by atoms with van der Waals surface area (Å²) in [5.41, 5.74) is 2.75. The lowest BCUT2D eigenvalue weighted by molar-refractivity contribution is 0.102. The van der Waals surface area contributed by atoms with Gasteiger partial charge in [-0.2, -0.15) is 0 Å². The maximum Gasteiger partial charge on any atom is 0.277 e. The summed E-state index contributed by atoms with van der Waals surface area (Å²) in [6.07, 6.45) is -0.497. The van der Waals surface area contributed by atoms with Gasteiger partial charge >= 0.3 is 0 Å². The zero-order valence-electron chi connectivity index (χ0n) is 17.1. The van der Waals surface area contributed by atoms with Gasteiger partial charge in [0, 0.05) is 23.0 Å². The Kier molecular flexibility index (Phi) is 6.42. The van der Waals surface area contributed by atoms with Crippen molar-refractivity contribution in [2.24, 2.45) is 0 Å². The zero-order chi connectivity index (χ0) is 21.1. The first-order chi connectivity index (χ1) is 13.8. The molecule has 0 spiro atoms. The van der Waals surface area contributed by atoms with Crippen LogP contribution in [0.2, 0.25) is 0 Å². The Morgan fingerprint density at radius 3 is 2.52 bits per heavy atom. The van der Waals surface area contributed by atoms with E-state index in [1.165, 1.54) is 36.0 Å². The van der Waals surface area contributed by atoms with Gasteiger partial charge in [0.15, 0.2) is 11.9 Å². The van der Waals surface area contributed by atoms with Crippen molar-refractivity contribution in [2.75, 3.05) is 5.75 Å². The third-order valence-corrected chi connectivity index (χ3v) is 5.34. The molecule has 1 atom stereocenters. The van der Waals surface area contributed by atoms with E-state index < -0.39 is 6.10 Å². The summed E-state index contributed by atoms with van der Waals surface area (Å²) in [5.74, 6) is 0.687. The fraction of sp³-hybridized carbons (Fsp3) is 0.381. The van der Waals surface area contributed by atoms with Crippen LogP contribution in [0.4, 0.5) is 4.39 Å².